The number of nitriles is 1. The highest BCUT2D eigenvalue weighted by Crippen LogP contribution is 2.25. The lowest BCUT2D eigenvalue weighted by molar-refractivity contribution is 0.878. The van der Waals surface area contributed by atoms with Crippen LogP contribution in [0, 0.1) is 18.3 Å². The number of aromatic nitrogens is 1. The number of benzene rings is 1. The fourth-order valence-electron chi connectivity index (χ4n) is 1.90. The number of para-hydroxylation sites is 1. The van der Waals surface area contributed by atoms with E-state index in [4.69, 9.17) is 5.26 Å². The molecule has 0 fully saturated rings. The molecule has 18 heavy (non-hydrogen) atoms. The summed E-state index contributed by atoms with van der Waals surface area (Å²) in [5, 5.41) is 12.5. The summed E-state index contributed by atoms with van der Waals surface area (Å²) in [4.78, 5) is 4.01. The summed E-state index contributed by atoms with van der Waals surface area (Å²) >= 11 is 0. The van der Waals surface area contributed by atoms with Crippen molar-refractivity contribution in [1.29, 1.82) is 5.26 Å². The number of nitrogens with one attached hydrogen (secondary N) is 1. The zero-order valence-corrected chi connectivity index (χ0v) is 10.5. The lowest BCUT2D eigenvalue weighted by atomic mass is 10.1. The highest BCUT2D eigenvalue weighted by atomic mass is 14.9. The molecule has 3 heteroatoms. The van der Waals surface area contributed by atoms with E-state index in [0.29, 0.717) is 5.56 Å². The average molecular weight is 237 g/mol. The molecule has 2 rings (SSSR count). The maximum absolute atomic E-state index is 9.13. The van der Waals surface area contributed by atoms with Gasteiger partial charge in [-0.15, -0.1) is 0 Å². The van der Waals surface area contributed by atoms with Crippen molar-refractivity contribution in [2.75, 3.05) is 5.32 Å². The van der Waals surface area contributed by atoms with Crippen molar-refractivity contribution in [3.8, 4) is 6.07 Å². The molecule has 0 spiro atoms. The third-order valence-electron chi connectivity index (χ3n) is 2.96. The van der Waals surface area contributed by atoms with Gasteiger partial charge in [0, 0.05) is 18.4 Å². The van der Waals surface area contributed by atoms with Gasteiger partial charge in [-0.3, -0.25) is 4.98 Å². The van der Waals surface area contributed by atoms with E-state index in [9.17, 15) is 0 Å². The first-order valence-corrected chi connectivity index (χ1v) is 5.88. The van der Waals surface area contributed by atoms with Gasteiger partial charge in [-0.2, -0.15) is 5.26 Å². The molecule has 1 atom stereocenters. The molecular formula is C15H15N3. The summed E-state index contributed by atoms with van der Waals surface area (Å²) in [6.45, 7) is 4.07. The van der Waals surface area contributed by atoms with E-state index in [0.717, 1.165) is 16.8 Å². The molecule has 90 valence electrons. The van der Waals surface area contributed by atoms with Crippen LogP contribution in [0.2, 0.25) is 0 Å². The maximum Gasteiger partial charge on any atom is 0.101 e. The van der Waals surface area contributed by atoms with Crippen molar-refractivity contribution in [3.63, 3.8) is 0 Å². The molecule has 0 aliphatic heterocycles. The standard InChI is InChI=1S/C15H15N3/c1-11-4-3-5-14(10-16)15(11)18-12(2)13-6-8-17-9-7-13/h3-9,12,18H,1-2H3. The van der Waals surface area contributed by atoms with E-state index in [1.807, 2.05) is 37.3 Å². The number of nitrogens with zero attached hydrogens (tertiary/aromatic N) is 2. The number of aryl methyl sites for hydroxylation is 1. The van der Waals surface area contributed by atoms with Gasteiger partial charge in [0.05, 0.1) is 11.3 Å². The Morgan fingerprint density at radius 1 is 1.22 bits per heavy atom. The summed E-state index contributed by atoms with van der Waals surface area (Å²) in [6, 6.07) is 12.0. The fraction of sp³-hybridized carbons (Fsp3) is 0.200. The molecule has 0 bridgehead atoms. The van der Waals surface area contributed by atoms with Crippen LogP contribution >= 0.6 is 0 Å². The summed E-state index contributed by atoms with van der Waals surface area (Å²) < 4.78 is 0. The van der Waals surface area contributed by atoms with E-state index in [1.165, 1.54) is 0 Å². The number of pyridine rings is 1. The maximum atomic E-state index is 9.13. The van der Waals surface area contributed by atoms with Crippen LogP contribution in [0.15, 0.2) is 42.7 Å². The van der Waals surface area contributed by atoms with Crippen molar-refractivity contribution < 1.29 is 0 Å². The largest absolute Gasteiger partial charge is 0.377 e. The van der Waals surface area contributed by atoms with Crippen LogP contribution < -0.4 is 5.32 Å². The van der Waals surface area contributed by atoms with Gasteiger partial charge in [-0.05, 0) is 43.2 Å². The van der Waals surface area contributed by atoms with Crippen LogP contribution in [-0.2, 0) is 0 Å². The minimum absolute atomic E-state index is 0.140. The van der Waals surface area contributed by atoms with Crippen molar-refractivity contribution in [3.05, 3.63) is 59.4 Å². The SMILES string of the molecule is Cc1cccc(C#N)c1NC(C)c1ccncc1. The predicted octanol–water partition coefficient (Wildman–Crippen LogP) is 3.43. The van der Waals surface area contributed by atoms with E-state index in [2.05, 4.69) is 23.3 Å². The molecule has 0 saturated carbocycles. The molecule has 1 aromatic carbocycles. The Morgan fingerprint density at radius 3 is 2.61 bits per heavy atom. The molecule has 0 aliphatic carbocycles. The quantitative estimate of drug-likeness (QED) is 0.889. The van der Waals surface area contributed by atoms with Crippen LogP contribution in [0.1, 0.15) is 29.7 Å². The zero-order valence-electron chi connectivity index (χ0n) is 10.5. The lowest BCUT2D eigenvalue weighted by Gasteiger charge is -2.18. The van der Waals surface area contributed by atoms with Crippen LogP contribution in [0.25, 0.3) is 0 Å². The summed E-state index contributed by atoms with van der Waals surface area (Å²) in [5.74, 6) is 0. The van der Waals surface area contributed by atoms with Crippen molar-refractivity contribution >= 4 is 5.69 Å². The first-order chi connectivity index (χ1) is 8.72. The smallest absolute Gasteiger partial charge is 0.101 e. The lowest BCUT2D eigenvalue weighted by Crippen LogP contribution is -2.09. The van der Waals surface area contributed by atoms with Gasteiger partial charge in [0.15, 0.2) is 0 Å². The molecule has 0 aliphatic rings. The summed E-state index contributed by atoms with van der Waals surface area (Å²) in [5.41, 5.74) is 3.81. The van der Waals surface area contributed by atoms with Crippen LogP contribution in [0.4, 0.5) is 5.69 Å². The van der Waals surface area contributed by atoms with Gasteiger partial charge in [0.2, 0.25) is 0 Å². The third kappa shape index (κ3) is 2.49. The van der Waals surface area contributed by atoms with E-state index in [1.54, 1.807) is 12.4 Å². The van der Waals surface area contributed by atoms with Crippen molar-refractivity contribution in [2.45, 2.75) is 19.9 Å². The van der Waals surface area contributed by atoms with Crippen LogP contribution in [0.5, 0.6) is 0 Å². The monoisotopic (exact) mass is 237 g/mol. The van der Waals surface area contributed by atoms with E-state index in [-0.39, 0.29) is 6.04 Å². The molecule has 3 nitrogen and oxygen atoms in total. The molecule has 0 radical (unpaired) electrons. The topological polar surface area (TPSA) is 48.7 Å². The second-order valence-corrected chi connectivity index (χ2v) is 4.26. The highest BCUT2D eigenvalue weighted by molar-refractivity contribution is 5.62. The van der Waals surface area contributed by atoms with Gasteiger partial charge < -0.3 is 5.32 Å². The van der Waals surface area contributed by atoms with Crippen LogP contribution in [-0.4, -0.2) is 4.98 Å². The molecule has 1 heterocycles. The first-order valence-electron chi connectivity index (χ1n) is 5.88. The zero-order chi connectivity index (χ0) is 13.0. The number of hydrogen-bond acceptors (Lipinski definition) is 3. The van der Waals surface area contributed by atoms with Crippen LogP contribution in [0.3, 0.4) is 0 Å². The summed E-state index contributed by atoms with van der Waals surface area (Å²) in [6.07, 6.45) is 3.55. The molecule has 1 aromatic heterocycles. The molecule has 0 saturated heterocycles. The first kappa shape index (κ1) is 12.1. The van der Waals surface area contributed by atoms with Gasteiger partial charge in [0.1, 0.15) is 6.07 Å². The molecule has 0 amide bonds. The number of anilines is 1. The Balaban J connectivity index is 2.28. The Bertz CT molecular complexity index is 570. The van der Waals surface area contributed by atoms with Gasteiger partial charge in [0.25, 0.3) is 0 Å². The highest BCUT2D eigenvalue weighted by Gasteiger charge is 2.09. The van der Waals surface area contributed by atoms with Crippen molar-refractivity contribution in [2.24, 2.45) is 0 Å². The van der Waals surface area contributed by atoms with Gasteiger partial charge in [-0.1, -0.05) is 12.1 Å². The van der Waals surface area contributed by atoms with E-state index < -0.39 is 0 Å². The van der Waals surface area contributed by atoms with Gasteiger partial charge >= 0.3 is 0 Å². The predicted molar refractivity (Wildman–Crippen MR) is 72.2 cm³/mol. The Kier molecular flexibility index (Phi) is 3.59. The minimum Gasteiger partial charge on any atom is -0.377 e. The second-order valence-electron chi connectivity index (χ2n) is 4.26. The second kappa shape index (κ2) is 5.33. The molecule has 1 unspecified atom stereocenters. The third-order valence-corrected chi connectivity index (χ3v) is 2.96. The fourth-order valence-corrected chi connectivity index (χ4v) is 1.90. The molecule has 2 aromatic rings. The molecular weight excluding hydrogens is 222 g/mol. The number of rotatable bonds is 3. The Hall–Kier alpha value is -2.34. The minimum atomic E-state index is 0.140. The normalized spacial score (nSPS) is 11.6. The number of hydrogen-bond donors (Lipinski definition) is 1. The summed E-state index contributed by atoms with van der Waals surface area (Å²) in [7, 11) is 0. The van der Waals surface area contributed by atoms with Crippen molar-refractivity contribution in [1.82, 2.24) is 4.98 Å². The molecule has 1 N–H and O–H groups in total. The van der Waals surface area contributed by atoms with Gasteiger partial charge in [-0.25, -0.2) is 0 Å². The average Bonchev–Trinajstić information content (AvgIpc) is 2.42. The Morgan fingerprint density at radius 2 is 1.94 bits per heavy atom. The Labute approximate surface area is 107 Å². The van der Waals surface area contributed by atoms with E-state index >= 15 is 0 Å².